The topological polar surface area (TPSA) is 323 Å². The minimum atomic E-state index is -3.56. The van der Waals surface area contributed by atoms with Crippen LogP contribution in [0.3, 0.4) is 0 Å². The number of aliphatic imine (C=N–C) groups is 1. The highest BCUT2D eigenvalue weighted by Gasteiger charge is 2.36. The number of piperazine rings is 2. The Bertz CT molecular complexity index is 5090. The number of halogens is 3. The van der Waals surface area contributed by atoms with E-state index in [2.05, 4.69) is 116 Å². The summed E-state index contributed by atoms with van der Waals surface area (Å²) in [6.45, 7) is 23.5. The number of piperidine rings is 1. The number of nitrogens with zero attached hydrogens (tertiary/aromatic N) is 12. The summed E-state index contributed by atoms with van der Waals surface area (Å²) in [4.78, 5) is 52.6. The van der Waals surface area contributed by atoms with Crippen LogP contribution in [0.1, 0.15) is 52.4 Å². The van der Waals surface area contributed by atoms with Gasteiger partial charge in [0.25, 0.3) is 0 Å². The van der Waals surface area contributed by atoms with Gasteiger partial charge in [-0.25, -0.2) is 28.2 Å². The highest BCUT2D eigenvalue weighted by Crippen LogP contribution is 2.48. The van der Waals surface area contributed by atoms with Crippen LogP contribution in [0.5, 0.6) is 11.5 Å². The Kier molecular flexibility index (Phi) is 29.2. The van der Waals surface area contributed by atoms with Crippen molar-refractivity contribution in [2.24, 2.45) is 10.9 Å². The average molecular weight is 1740 g/mol. The molecule has 14 rings (SSSR count). The Balaban J connectivity index is 0.000000163. The van der Waals surface area contributed by atoms with E-state index in [9.17, 15) is 26.9 Å². The number of allylic oxidation sites excluding steroid dienone is 4. The lowest BCUT2D eigenvalue weighted by Crippen LogP contribution is -2.53. The van der Waals surface area contributed by atoms with Gasteiger partial charge >= 0.3 is 6.03 Å². The molecule has 4 saturated heterocycles. The van der Waals surface area contributed by atoms with Crippen molar-refractivity contribution in [1.29, 1.82) is 0 Å². The number of para-hydroxylation sites is 2. The van der Waals surface area contributed by atoms with Crippen LogP contribution < -0.4 is 72.8 Å². The van der Waals surface area contributed by atoms with Crippen molar-refractivity contribution in [3.63, 3.8) is 0 Å². The zero-order valence-electron chi connectivity index (χ0n) is 68.2. The zero-order valence-corrected chi connectivity index (χ0v) is 74.0. The molecule has 29 nitrogen and oxygen atoms in total. The third-order valence-electron chi connectivity index (χ3n) is 21.7. The van der Waals surface area contributed by atoms with Crippen molar-refractivity contribution >= 4 is 152 Å². The Morgan fingerprint density at radius 1 is 0.650 bits per heavy atom. The van der Waals surface area contributed by atoms with Crippen LogP contribution in [0.25, 0.3) is 0 Å². The Hall–Kier alpha value is -8.66. The number of sulfone groups is 1. The van der Waals surface area contributed by atoms with E-state index in [0.29, 0.717) is 98.3 Å². The van der Waals surface area contributed by atoms with Crippen molar-refractivity contribution in [2.45, 2.75) is 74.8 Å². The maximum Gasteiger partial charge on any atom is 0.317 e. The molecule has 8 heterocycles. The second-order valence-electron chi connectivity index (χ2n) is 30.9. The van der Waals surface area contributed by atoms with Crippen molar-refractivity contribution in [2.75, 3.05) is 191 Å². The molecule has 3 aromatic heterocycles. The van der Waals surface area contributed by atoms with Crippen LogP contribution in [0.4, 0.5) is 62.5 Å². The van der Waals surface area contributed by atoms with E-state index < -0.39 is 42.8 Å². The van der Waals surface area contributed by atoms with Crippen molar-refractivity contribution < 1.29 is 41.1 Å². The number of rotatable bonds is 25. The summed E-state index contributed by atoms with van der Waals surface area (Å²) in [5.41, 5.74) is 6.53. The van der Waals surface area contributed by atoms with Gasteiger partial charge in [0.1, 0.15) is 54.6 Å². The average Bonchev–Trinajstić information content (AvgIpc) is 1.57. The fourth-order valence-corrected chi connectivity index (χ4v) is 21.1. The molecule has 1 unspecified atom stereocenters. The molecule has 1 atom stereocenters. The lowest BCUT2D eigenvalue weighted by atomic mass is 9.98. The number of likely N-dealkylation sites (N-methyl/N-ethyl adjacent to an activating group) is 1. The monoisotopic (exact) mass is 1730 g/mol. The van der Waals surface area contributed by atoms with Crippen molar-refractivity contribution in [1.82, 2.24) is 65.4 Å². The number of benzene rings is 4. The van der Waals surface area contributed by atoms with E-state index in [1.807, 2.05) is 36.4 Å². The molecule has 5 aliphatic heterocycles. The number of pyridine rings is 1. The molecule has 628 valence electrons. The molecule has 8 N–H and O–H groups in total. The fourth-order valence-electron chi connectivity index (χ4n) is 14.7. The molecule has 7 aromatic rings. The van der Waals surface area contributed by atoms with E-state index in [-0.39, 0.29) is 27.7 Å². The number of carbonyl (C=O) groups excluding carboxylic acids is 1. The van der Waals surface area contributed by atoms with Gasteiger partial charge in [0.15, 0.2) is 27.8 Å². The predicted octanol–water partition coefficient (Wildman–Crippen LogP) is 12.8. The first-order valence-corrected chi connectivity index (χ1v) is 49.3. The largest absolute Gasteiger partial charge is 0.495 e. The summed E-state index contributed by atoms with van der Waals surface area (Å²) in [5.74, 6) is 4.75. The Labute approximate surface area is 702 Å². The number of carbonyl (C=O) groups is 1. The molecule has 36 heteroatoms. The quantitative estimate of drug-likeness (QED) is 0.0247. The zero-order chi connectivity index (χ0) is 83.3. The van der Waals surface area contributed by atoms with Gasteiger partial charge in [-0.1, -0.05) is 59.1 Å². The Morgan fingerprint density at radius 2 is 1.25 bits per heavy atom. The van der Waals surface area contributed by atoms with Crippen LogP contribution in [-0.2, 0) is 28.3 Å². The lowest BCUT2D eigenvalue weighted by Gasteiger charge is -2.44. The smallest absolute Gasteiger partial charge is 0.317 e. The number of likely N-dealkylation sites (tertiary alicyclic amines) is 1. The third kappa shape index (κ3) is 22.6. The molecule has 0 bridgehead atoms. The molecule has 2 amide bonds. The van der Waals surface area contributed by atoms with Crippen LogP contribution in [0.2, 0.25) is 10.0 Å². The minimum Gasteiger partial charge on any atom is -0.495 e. The predicted molar refractivity (Wildman–Crippen MR) is 475 cm³/mol. The van der Waals surface area contributed by atoms with Crippen molar-refractivity contribution in [3.05, 3.63) is 160 Å². The van der Waals surface area contributed by atoms with Crippen molar-refractivity contribution in [3.8, 4) is 11.5 Å². The first-order chi connectivity index (χ1) is 56.0. The van der Waals surface area contributed by atoms with E-state index in [4.69, 9.17) is 49.0 Å². The van der Waals surface area contributed by atoms with E-state index >= 15 is 0 Å². The van der Waals surface area contributed by atoms with Gasteiger partial charge in [-0.15, -0.1) is 0 Å². The third-order valence-corrected chi connectivity index (χ3v) is 30.9. The lowest BCUT2D eigenvalue weighted by molar-refractivity contribution is 0.0634. The summed E-state index contributed by atoms with van der Waals surface area (Å²) >= 11 is 19.2. The highest BCUT2D eigenvalue weighted by atomic mass is 35.5. The summed E-state index contributed by atoms with van der Waals surface area (Å²) in [6.07, 6.45) is 17.5. The molecule has 5 fully saturated rings. The molecule has 4 aromatic carbocycles. The molecular weight excluding hydrogens is 1630 g/mol. The fraction of sp³-hybridized carbons (Fsp3) is 0.444. The molecule has 2 aliphatic carbocycles. The molecule has 1 saturated carbocycles. The number of nitrogens with one attached hydrogen (secondary N) is 8. The normalized spacial score (nSPS) is 18.4. The molecule has 0 radical (unpaired) electrons. The second-order valence-corrected chi connectivity index (χ2v) is 44.2. The maximum atomic E-state index is 13.7. The molecular formula is C81H108Cl3N20O9P3S. The number of amides is 2. The van der Waals surface area contributed by atoms with E-state index in [0.717, 1.165) is 91.9 Å². The maximum absolute atomic E-state index is 13.7. The molecule has 0 spiro atoms. The minimum absolute atomic E-state index is 0.141. The van der Waals surface area contributed by atoms with Gasteiger partial charge in [-0.3, -0.25) is 9.88 Å². The van der Waals surface area contributed by atoms with E-state index in [1.165, 1.54) is 89.7 Å². The van der Waals surface area contributed by atoms with Gasteiger partial charge < -0.3 is 94.9 Å². The van der Waals surface area contributed by atoms with Crippen LogP contribution >= 0.6 is 56.2 Å². The SMILES string of the molecule is CNC(=O)N1CCP(=O)(c2ccc(Nc3ncc(Cl)c(Nc4ccccc4S(=O)(=O)C(C)C)n3)c(OC)c2)CC1.COC1=C(NC2N=CC(Cl)=C(Nc3ccccc3P(C)(C)=O)N2)CCC(N2CCC(N3CCN(CC4CC4)CC3)CC2)=C1.COc1cc(N2CCN(C)CC2)ccc1Nc1ncc(Cl)c(Nc2ccncc2P(C)(C)=O)n1. The van der Waals surface area contributed by atoms with Gasteiger partial charge in [-0.05, 0) is 153 Å². The van der Waals surface area contributed by atoms with Crippen LogP contribution in [-0.4, -0.2) is 247 Å². The highest BCUT2D eigenvalue weighted by molar-refractivity contribution is 7.92. The molecule has 7 aliphatic rings. The molecule has 117 heavy (non-hydrogen) atoms. The standard InChI is InChI=1S/C32H47ClN7O2P.C26H32ClN6O5PS.C23H29ClN7O2P/c1-42-29-20-25(39-14-12-24(13-15-39)40-18-16-38(17-19-40)22-23-8-9-23)10-11-27(29)36-32-34-21-26(33)31(37-32)35-28-6-4-5-7-30(28)43(2,3)41;1-17(2)40(36,37)23-8-6-5-7-21(23)30-24-19(27)16-29-25(32-24)31-20-10-9-18(15-22(20)38-4)39(35)13-11-33(12-14-39)26(34)28-3;1-30-9-11-31(12-10-30)16-5-6-18(20(13-16)33-2)28-23-26-14-17(24)22(29-23)27-19-7-8-25-15-21(19)34(3,4)32/h4-7,20-21,23-24,32,35-37H,8-19,22H2,1-3H3;5-10,15-17H,11-14H2,1-4H3,(H,28,34)(H2,29,30,31,32);5-8,13-15H,9-12H2,1-4H3,(H2,25,26,27,28,29). The number of hydrogen-bond donors (Lipinski definition) is 8. The van der Waals surface area contributed by atoms with Gasteiger partial charge in [-0.2, -0.15) is 9.97 Å². The second kappa shape index (κ2) is 39.0. The van der Waals surface area contributed by atoms with Gasteiger partial charge in [0.2, 0.25) is 11.9 Å². The number of hydrogen-bond acceptors (Lipinski definition) is 27. The summed E-state index contributed by atoms with van der Waals surface area (Å²) in [7, 11) is -2.71. The Morgan fingerprint density at radius 3 is 1.85 bits per heavy atom. The summed E-state index contributed by atoms with van der Waals surface area (Å²) in [6, 6.07) is 27.8. The summed E-state index contributed by atoms with van der Waals surface area (Å²) < 4.78 is 82.0. The first kappa shape index (κ1) is 87.6. The van der Waals surface area contributed by atoms with Crippen LogP contribution in [0, 0.1) is 5.92 Å². The van der Waals surface area contributed by atoms with E-state index in [1.54, 1.807) is 128 Å². The number of methoxy groups -OCH3 is 3. The van der Waals surface area contributed by atoms with Gasteiger partial charge in [0, 0.05) is 163 Å². The number of anilines is 10. The number of urea groups is 1. The number of aromatic nitrogens is 5. The number of ether oxygens (including phenoxy) is 3. The summed E-state index contributed by atoms with van der Waals surface area (Å²) in [5, 5.41) is 27.8. The first-order valence-electron chi connectivity index (χ1n) is 39.4. The van der Waals surface area contributed by atoms with Gasteiger partial charge in [0.05, 0.1) is 88.3 Å². The van der Waals surface area contributed by atoms with Crippen LogP contribution in [0.15, 0.2) is 160 Å².